The molecule has 0 spiro atoms. The first-order chi connectivity index (χ1) is 12.1. The van der Waals surface area contributed by atoms with E-state index >= 15 is 0 Å². The van der Waals surface area contributed by atoms with Gasteiger partial charge in [-0.25, -0.2) is 15.0 Å². The molecule has 3 aromatic rings. The maximum Gasteiger partial charge on any atom is 0.182 e. The zero-order valence-electron chi connectivity index (χ0n) is 14.8. The van der Waals surface area contributed by atoms with Gasteiger partial charge in [0.2, 0.25) is 0 Å². The van der Waals surface area contributed by atoms with Crippen LogP contribution < -0.4 is 4.90 Å². The van der Waals surface area contributed by atoms with Gasteiger partial charge in [-0.1, -0.05) is 0 Å². The van der Waals surface area contributed by atoms with Crippen molar-refractivity contribution in [1.29, 1.82) is 0 Å². The molecule has 0 bridgehead atoms. The van der Waals surface area contributed by atoms with Gasteiger partial charge < -0.3 is 19.4 Å². The summed E-state index contributed by atoms with van der Waals surface area (Å²) in [6.45, 7) is 2.68. The predicted molar refractivity (Wildman–Crippen MR) is 94.3 cm³/mol. The summed E-state index contributed by atoms with van der Waals surface area (Å²) in [7, 11) is 6.16. The lowest BCUT2D eigenvalue weighted by molar-refractivity contribution is 0.382. The fourth-order valence-electron chi connectivity index (χ4n) is 3.49. The van der Waals surface area contributed by atoms with Gasteiger partial charge >= 0.3 is 0 Å². The average Bonchev–Trinajstić information content (AvgIpc) is 3.22. The van der Waals surface area contributed by atoms with Crippen molar-refractivity contribution in [2.75, 3.05) is 32.1 Å². The number of rotatable bonds is 4. The molecule has 1 N–H and O–H groups in total. The van der Waals surface area contributed by atoms with Crippen molar-refractivity contribution in [2.24, 2.45) is 7.05 Å². The molecule has 9 nitrogen and oxygen atoms in total. The third-order valence-corrected chi connectivity index (χ3v) is 4.82. The molecule has 3 aromatic heterocycles. The Bertz CT molecular complexity index is 857. The minimum absolute atomic E-state index is 0.434. The van der Waals surface area contributed by atoms with Crippen LogP contribution in [0.4, 0.5) is 5.82 Å². The van der Waals surface area contributed by atoms with Crippen molar-refractivity contribution in [3.63, 3.8) is 0 Å². The van der Waals surface area contributed by atoms with Gasteiger partial charge in [0.15, 0.2) is 11.5 Å². The van der Waals surface area contributed by atoms with Crippen molar-refractivity contribution >= 4 is 17.0 Å². The maximum absolute atomic E-state index is 4.46. The number of hydrogen-bond donors (Lipinski definition) is 1. The minimum Gasteiger partial charge on any atom is -0.355 e. The maximum atomic E-state index is 4.46. The molecule has 9 heteroatoms. The molecule has 0 aliphatic carbocycles. The van der Waals surface area contributed by atoms with Gasteiger partial charge in [0.1, 0.15) is 23.5 Å². The third-order valence-electron chi connectivity index (χ3n) is 4.82. The number of anilines is 1. The van der Waals surface area contributed by atoms with E-state index in [1.807, 2.05) is 14.1 Å². The summed E-state index contributed by atoms with van der Waals surface area (Å²) in [6, 6.07) is 0. The standard InChI is InChI=1S/C16H23N9/c1-23(2)8-12-21-22-15(24(12)3)11-4-6-25(7-5-11)16-13-14(18-9-17-13)19-10-20-16/h9-11H,4-8H2,1-3H3,(H,17,18,19,20). The van der Waals surface area contributed by atoms with Crippen LogP contribution >= 0.6 is 0 Å². The highest BCUT2D eigenvalue weighted by atomic mass is 15.3. The number of nitrogens with one attached hydrogen (secondary N) is 1. The lowest BCUT2D eigenvalue weighted by Gasteiger charge is -2.32. The van der Waals surface area contributed by atoms with Crippen LogP contribution in [0.15, 0.2) is 12.7 Å². The van der Waals surface area contributed by atoms with Gasteiger partial charge in [-0.3, -0.25) is 0 Å². The van der Waals surface area contributed by atoms with Gasteiger partial charge in [-0.15, -0.1) is 10.2 Å². The summed E-state index contributed by atoms with van der Waals surface area (Å²) in [5.74, 6) is 3.47. The second kappa shape index (κ2) is 6.40. The Labute approximate surface area is 146 Å². The molecule has 0 atom stereocenters. The zero-order chi connectivity index (χ0) is 17.4. The van der Waals surface area contributed by atoms with Crippen molar-refractivity contribution in [2.45, 2.75) is 25.3 Å². The Morgan fingerprint density at radius 1 is 1.16 bits per heavy atom. The van der Waals surface area contributed by atoms with Crippen LogP contribution in [-0.4, -0.2) is 66.8 Å². The largest absolute Gasteiger partial charge is 0.355 e. The Hall–Kier alpha value is -2.55. The zero-order valence-corrected chi connectivity index (χ0v) is 14.8. The number of hydrogen-bond acceptors (Lipinski definition) is 7. The Morgan fingerprint density at radius 2 is 1.96 bits per heavy atom. The Morgan fingerprint density at radius 3 is 2.72 bits per heavy atom. The molecule has 4 rings (SSSR count). The smallest absolute Gasteiger partial charge is 0.182 e. The lowest BCUT2D eigenvalue weighted by atomic mass is 9.96. The fourth-order valence-corrected chi connectivity index (χ4v) is 3.49. The molecule has 4 heterocycles. The van der Waals surface area contributed by atoms with Crippen LogP contribution in [0.1, 0.15) is 30.4 Å². The molecule has 0 radical (unpaired) electrons. The molecule has 0 amide bonds. The Balaban J connectivity index is 1.48. The van der Waals surface area contributed by atoms with Gasteiger partial charge in [-0.05, 0) is 26.9 Å². The molecule has 1 aliphatic rings. The molecule has 1 fully saturated rings. The summed E-state index contributed by atoms with van der Waals surface area (Å²) in [6.07, 6.45) is 5.32. The molecule has 1 saturated heterocycles. The minimum atomic E-state index is 0.434. The van der Waals surface area contributed by atoms with Crippen LogP contribution in [0, 0.1) is 0 Å². The first kappa shape index (κ1) is 15.9. The number of piperidine rings is 1. The van der Waals surface area contributed by atoms with E-state index in [1.54, 1.807) is 12.7 Å². The molecule has 25 heavy (non-hydrogen) atoms. The molecule has 0 unspecified atom stereocenters. The number of fused-ring (bicyclic) bond motifs is 1. The van der Waals surface area contributed by atoms with Crippen LogP contribution in [0.5, 0.6) is 0 Å². The van der Waals surface area contributed by atoms with Crippen molar-refractivity contribution in [1.82, 2.24) is 39.6 Å². The normalized spacial score (nSPS) is 16.2. The average molecular weight is 341 g/mol. The van der Waals surface area contributed by atoms with Crippen molar-refractivity contribution in [3.05, 3.63) is 24.3 Å². The number of nitrogens with zero attached hydrogens (tertiary/aromatic N) is 8. The van der Waals surface area contributed by atoms with E-state index in [0.29, 0.717) is 11.6 Å². The monoisotopic (exact) mass is 341 g/mol. The van der Waals surface area contributed by atoms with Crippen LogP contribution in [0.2, 0.25) is 0 Å². The summed E-state index contributed by atoms with van der Waals surface area (Å²) in [4.78, 5) is 20.4. The third kappa shape index (κ3) is 2.95. The van der Waals surface area contributed by atoms with Gasteiger partial charge in [0.05, 0.1) is 12.9 Å². The summed E-state index contributed by atoms with van der Waals surface area (Å²) < 4.78 is 2.15. The van der Waals surface area contributed by atoms with E-state index < -0.39 is 0 Å². The molecule has 0 saturated carbocycles. The van der Waals surface area contributed by atoms with E-state index in [1.165, 1.54) is 0 Å². The summed E-state index contributed by atoms with van der Waals surface area (Å²) in [5, 5.41) is 8.82. The number of imidazole rings is 1. The Kier molecular flexibility index (Phi) is 4.08. The number of aromatic nitrogens is 7. The number of aromatic amines is 1. The highest BCUT2D eigenvalue weighted by Crippen LogP contribution is 2.30. The predicted octanol–water partition coefficient (Wildman–Crippen LogP) is 0.927. The highest BCUT2D eigenvalue weighted by molar-refractivity contribution is 5.82. The van der Waals surface area contributed by atoms with Crippen molar-refractivity contribution in [3.8, 4) is 0 Å². The highest BCUT2D eigenvalue weighted by Gasteiger charge is 2.27. The van der Waals surface area contributed by atoms with Crippen LogP contribution in [0.25, 0.3) is 11.2 Å². The van der Waals surface area contributed by atoms with Gasteiger partial charge in [-0.2, -0.15) is 0 Å². The molecular formula is C16H23N9. The second-order valence-electron chi connectivity index (χ2n) is 6.83. The molecule has 0 aromatic carbocycles. The summed E-state index contributed by atoms with van der Waals surface area (Å²) in [5.41, 5.74) is 1.63. The quantitative estimate of drug-likeness (QED) is 0.754. The first-order valence-corrected chi connectivity index (χ1v) is 8.55. The number of H-pyrrole nitrogens is 1. The van der Waals surface area contributed by atoms with Crippen molar-refractivity contribution < 1.29 is 0 Å². The van der Waals surface area contributed by atoms with Gasteiger partial charge in [0, 0.05) is 26.1 Å². The summed E-state index contributed by atoms with van der Waals surface area (Å²) >= 11 is 0. The second-order valence-corrected chi connectivity index (χ2v) is 6.83. The molecule has 132 valence electrons. The van der Waals surface area contributed by atoms with E-state index in [0.717, 1.165) is 55.5 Å². The first-order valence-electron chi connectivity index (χ1n) is 8.55. The van der Waals surface area contributed by atoms with Crippen LogP contribution in [0.3, 0.4) is 0 Å². The topological polar surface area (TPSA) is 91.7 Å². The van der Waals surface area contributed by atoms with E-state index in [2.05, 4.69) is 51.5 Å². The SMILES string of the molecule is CN(C)Cc1nnc(C2CCN(c3ncnc4nc[nH]c34)CC2)n1C. The van der Waals surface area contributed by atoms with E-state index in [-0.39, 0.29) is 0 Å². The fraction of sp³-hybridized carbons (Fsp3) is 0.562. The van der Waals surface area contributed by atoms with E-state index in [9.17, 15) is 0 Å². The lowest BCUT2D eigenvalue weighted by Crippen LogP contribution is -2.34. The van der Waals surface area contributed by atoms with Crippen LogP contribution in [-0.2, 0) is 13.6 Å². The molecular weight excluding hydrogens is 318 g/mol. The van der Waals surface area contributed by atoms with Gasteiger partial charge in [0.25, 0.3) is 0 Å². The van der Waals surface area contributed by atoms with E-state index in [4.69, 9.17) is 0 Å². The molecule has 1 aliphatic heterocycles.